The van der Waals surface area contributed by atoms with Gasteiger partial charge in [0.1, 0.15) is 16.5 Å². The molecular formula is C22H17ClN6OS2. The first-order valence-electron chi connectivity index (χ1n) is 10.2. The average molecular weight is 481 g/mol. The fourth-order valence-electron chi connectivity index (χ4n) is 3.82. The van der Waals surface area contributed by atoms with Crippen LogP contribution in [0.2, 0.25) is 5.02 Å². The molecule has 0 spiro atoms. The number of nitrogens with one attached hydrogen (secondary N) is 3. The minimum atomic E-state index is -0.254. The Morgan fingerprint density at radius 2 is 1.62 bits per heavy atom. The standard InChI is InChI=1S/C22H17ClN6OS2/c23-17-13-3-1-11(19-24-5-6-25-19)9-15(13)31-18(17)21(30)29-22-28-14-4-2-12(10-16(14)32-22)20-26-7-8-27-20/h1-4,9-10H,5-8H2,(H,24,25)(H,26,27)(H,28,29,30). The van der Waals surface area contributed by atoms with Crippen LogP contribution in [0.3, 0.4) is 0 Å². The number of nitrogens with zero attached hydrogens (tertiary/aromatic N) is 3. The predicted molar refractivity (Wildman–Crippen MR) is 133 cm³/mol. The van der Waals surface area contributed by atoms with Gasteiger partial charge >= 0.3 is 0 Å². The van der Waals surface area contributed by atoms with Gasteiger partial charge in [-0.1, -0.05) is 35.1 Å². The van der Waals surface area contributed by atoms with Crippen molar-refractivity contribution >= 4 is 77.3 Å². The number of amidine groups is 2. The highest BCUT2D eigenvalue weighted by Gasteiger charge is 2.20. The summed E-state index contributed by atoms with van der Waals surface area (Å²) in [7, 11) is 0. The molecule has 0 radical (unpaired) electrons. The second-order valence-electron chi connectivity index (χ2n) is 7.43. The highest BCUT2D eigenvalue weighted by atomic mass is 35.5. The van der Waals surface area contributed by atoms with Gasteiger partial charge < -0.3 is 10.6 Å². The predicted octanol–water partition coefficient (Wildman–Crippen LogP) is 4.12. The Bertz CT molecular complexity index is 1450. The van der Waals surface area contributed by atoms with Gasteiger partial charge in [0.2, 0.25) is 0 Å². The SMILES string of the molecule is O=C(Nc1nc2ccc(C3=NCCN3)cc2s1)c1sc2cc(C3=NCCN3)ccc2c1Cl. The van der Waals surface area contributed by atoms with Gasteiger partial charge in [0.05, 0.1) is 28.3 Å². The number of carbonyl (C=O) groups is 1. The van der Waals surface area contributed by atoms with Crippen LogP contribution in [0.1, 0.15) is 20.8 Å². The summed E-state index contributed by atoms with van der Waals surface area (Å²) < 4.78 is 1.94. The number of benzene rings is 2. The maximum Gasteiger partial charge on any atom is 0.269 e. The van der Waals surface area contributed by atoms with Crippen LogP contribution in [0.4, 0.5) is 5.13 Å². The van der Waals surface area contributed by atoms with Crippen LogP contribution in [-0.4, -0.2) is 48.7 Å². The van der Waals surface area contributed by atoms with E-state index in [9.17, 15) is 4.79 Å². The highest BCUT2D eigenvalue weighted by molar-refractivity contribution is 7.23. The number of thiophene rings is 1. The number of halogens is 1. The summed E-state index contributed by atoms with van der Waals surface area (Å²) in [6, 6.07) is 11.9. The van der Waals surface area contributed by atoms with Gasteiger partial charge in [-0.25, -0.2) is 4.98 Å². The molecule has 2 aliphatic rings. The first kappa shape index (κ1) is 19.7. The molecule has 2 aromatic carbocycles. The van der Waals surface area contributed by atoms with Crippen molar-refractivity contribution in [2.45, 2.75) is 0 Å². The summed E-state index contributed by atoms with van der Waals surface area (Å²) in [5.41, 5.74) is 2.87. The molecule has 3 N–H and O–H groups in total. The fourth-order valence-corrected chi connectivity index (χ4v) is 6.17. The van der Waals surface area contributed by atoms with Gasteiger partial charge in [-0.15, -0.1) is 11.3 Å². The molecule has 6 rings (SSSR count). The minimum absolute atomic E-state index is 0.254. The van der Waals surface area contributed by atoms with Crippen LogP contribution in [0.5, 0.6) is 0 Å². The molecule has 0 bridgehead atoms. The summed E-state index contributed by atoms with van der Waals surface area (Å²) in [5.74, 6) is 1.53. The number of amides is 1. The lowest BCUT2D eigenvalue weighted by Crippen LogP contribution is -2.19. The molecular weight excluding hydrogens is 464 g/mol. The lowest BCUT2D eigenvalue weighted by molar-refractivity contribution is 0.103. The number of aromatic nitrogens is 1. The Hall–Kier alpha value is -3.01. The van der Waals surface area contributed by atoms with E-state index in [2.05, 4.69) is 30.9 Å². The van der Waals surface area contributed by atoms with Gasteiger partial charge in [-0.3, -0.25) is 20.1 Å². The number of carbonyl (C=O) groups excluding carboxylic acids is 1. The van der Waals surface area contributed by atoms with Crippen LogP contribution < -0.4 is 16.0 Å². The van der Waals surface area contributed by atoms with Crippen LogP contribution in [0, 0.1) is 0 Å². The van der Waals surface area contributed by atoms with Gasteiger partial charge in [0, 0.05) is 34.3 Å². The molecule has 160 valence electrons. The Morgan fingerprint density at radius 3 is 2.31 bits per heavy atom. The van der Waals surface area contributed by atoms with Gasteiger partial charge in [-0.05, 0) is 24.3 Å². The van der Waals surface area contributed by atoms with Crippen LogP contribution >= 0.6 is 34.3 Å². The maximum atomic E-state index is 13.0. The Balaban J connectivity index is 1.28. The van der Waals surface area contributed by atoms with E-state index in [4.69, 9.17) is 11.6 Å². The number of anilines is 1. The van der Waals surface area contributed by atoms with Crippen LogP contribution in [0.25, 0.3) is 20.3 Å². The summed E-state index contributed by atoms with van der Waals surface area (Å²) in [4.78, 5) is 27.0. The van der Waals surface area contributed by atoms with Crippen molar-refractivity contribution in [3.05, 3.63) is 57.4 Å². The molecule has 0 atom stereocenters. The van der Waals surface area contributed by atoms with E-state index >= 15 is 0 Å². The Morgan fingerprint density at radius 1 is 0.938 bits per heavy atom. The molecule has 32 heavy (non-hydrogen) atoms. The van der Waals surface area contributed by atoms with E-state index in [0.717, 1.165) is 69.3 Å². The van der Waals surface area contributed by atoms with E-state index < -0.39 is 0 Å². The number of fused-ring (bicyclic) bond motifs is 2. The lowest BCUT2D eigenvalue weighted by atomic mass is 10.1. The van der Waals surface area contributed by atoms with E-state index in [1.54, 1.807) is 0 Å². The second kappa shape index (κ2) is 7.84. The second-order valence-corrected chi connectivity index (χ2v) is 9.89. The topological polar surface area (TPSA) is 90.8 Å². The van der Waals surface area contributed by atoms with Crippen molar-refractivity contribution in [3.63, 3.8) is 0 Å². The number of hydrogen-bond donors (Lipinski definition) is 3. The fraction of sp³-hybridized carbons (Fsp3) is 0.182. The van der Waals surface area contributed by atoms with E-state index in [-0.39, 0.29) is 5.91 Å². The number of thiazole rings is 1. The molecule has 2 aromatic heterocycles. The van der Waals surface area contributed by atoms with Gasteiger partial charge in [-0.2, -0.15) is 0 Å². The molecule has 0 unspecified atom stereocenters. The van der Waals surface area contributed by atoms with Crippen molar-refractivity contribution in [1.82, 2.24) is 15.6 Å². The first-order valence-corrected chi connectivity index (χ1v) is 12.2. The molecule has 4 aromatic rings. The number of hydrogen-bond acceptors (Lipinski definition) is 8. The van der Waals surface area contributed by atoms with Crippen LogP contribution in [-0.2, 0) is 0 Å². The van der Waals surface area contributed by atoms with E-state index in [1.807, 2.05) is 36.4 Å². The zero-order valence-electron chi connectivity index (χ0n) is 16.7. The third-order valence-electron chi connectivity index (χ3n) is 5.34. The summed E-state index contributed by atoms with van der Waals surface area (Å²) >= 11 is 9.38. The largest absolute Gasteiger partial charge is 0.368 e. The highest BCUT2D eigenvalue weighted by Crippen LogP contribution is 2.37. The smallest absolute Gasteiger partial charge is 0.269 e. The molecule has 4 heterocycles. The summed E-state index contributed by atoms with van der Waals surface area (Å²) in [6.07, 6.45) is 0. The minimum Gasteiger partial charge on any atom is -0.368 e. The molecule has 0 fully saturated rings. The zero-order valence-corrected chi connectivity index (χ0v) is 19.1. The van der Waals surface area contributed by atoms with Gasteiger partial charge in [0.25, 0.3) is 5.91 Å². The van der Waals surface area contributed by atoms with Crippen molar-refractivity contribution in [1.29, 1.82) is 0 Å². The van der Waals surface area contributed by atoms with Crippen molar-refractivity contribution in [2.75, 3.05) is 31.5 Å². The Labute approximate surface area is 196 Å². The molecule has 2 aliphatic heterocycles. The van der Waals surface area contributed by atoms with E-state index in [1.165, 1.54) is 22.7 Å². The quantitative estimate of drug-likeness (QED) is 0.410. The third-order valence-corrected chi connectivity index (χ3v) is 7.93. The Kier molecular flexibility index (Phi) is 4.82. The third kappa shape index (κ3) is 3.42. The van der Waals surface area contributed by atoms with E-state index in [0.29, 0.717) is 15.0 Å². The lowest BCUT2D eigenvalue weighted by Gasteiger charge is -2.01. The molecule has 1 amide bonds. The first-order chi connectivity index (χ1) is 15.7. The zero-order chi connectivity index (χ0) is 21.7. The molecule has 0 saturated carbocycles. The normalized spacial score (nSPS) is 15.5. The maximum absolute atomic E-state index is 13.0. The molecule has 7 nitrogen and oxygen atoms in total. The van der Waals surface area contributed by atoms with Crippen LogP contribution in [0.15, 0.2) is 46.4 Å². The number of rotatable bonds is 4. The van der Waals surface area contributed by atoms with Crippen molar-refractivity contribution in [3.8, 4) is 0 Å². The summed E-state index contributed by atoms with van der Waals surface area (Å²) in [5, 5.41) is 11.3. The molecule has 0 aliphatic carbocycles. The van der Waals surface area contributed by atoms with Crippen molar-refractivity contribution in [2.24, 2.45) is 9.98 Å². The average Bonchev–Trinajstić information content (AvgIpc) is 3.59. The van der Waals surface area contributed by atoms with Gasteiger partial charge in [0.15, 0.2) is 5.13 Å². The monoisotopic (exact) mass is 480 g/mol. The molecule has 0 saturated heterocycles. The molecule has 10 heteroatoms. The van der Waals surface area contributed by atoms with Crippen molar-refractivity contribution < 1.29 is 4.79 Å². The summed E-state index contributed by atoms with van der Waals surface area (Å²) in [6.45, 7) is 3.28. The number of aliphatic imine (C=N–C) groups is 2.